The van der Waals surface area contributed by atoms with Crippen molar-refractivity contribution in [3.63, 3.8) is 0 Å². The number of aromatic nitrogens is 3. The molecule has 9 rings (SSSR count). The number of benzene rings is 7. The summed E-state index contributed by atoms with van der Waals surface area (Å²) in [6.45, 7) is 0. The smallest absolute Gasteiger partial charge is 0.164 e. The van der Waals surface area contributed by atoms with Gasteiger partial charge in [-0.15, -0.1) is 0 Å². The fraction of sp³-hybridized carbons (Fsp3) is 0. The third-order valence-corrected chi connectivity index (χ3v) is 9.19. The topological polar surface area (TPSA) is 75.6 Å². The van der Waals surface area contributed by atoms with Gasteiger partial charge in [0.05, 0.1) is 11.6 Å². The molecule has 0 amide bonds. The Morgan fingerprint density at radius 3 is 1.69 bits per heavy atom. The van der Waals surface area contributed by atoms with E-state index in [-0.39, 0.29) is 0 Å². The zero-order chi connectivity index (χ0) is 34.1. The van der Waals surface area contributed by atoms with Gasteiger partial charge in [0.2, 0.25) is 0 Å². The summed E-state index contributed by atoms with van der Waals surface area (Å²) in [5.74, 6) is 1.69. The highest BCUT2D eigenvalue weighted by molar-refractivity contribution is 6.17. The van der Waals surface area contributed by atoms with E-state index in [2.05, 4.69) is 60.7 Å². The maximum absolute atomic E-state index is 9.41. The average molecular weight is 653 g/mol. The van der Waals surface area contributed by atoms with Crippen molar-refractivity contribution in [2.45, 2.75) is 0 Å². The lowest BCUT2D eigenvalue weighted by atomic mass is 9.94. The summed E-state index contributed by atoms with van der Waals surface area (Å²) >= 11 is 0. The van der Waals surface area contributed by atoms with Crippen molar-refractivity contribution in [2.75, 3.05) is 0 Å². The fourth-order valence-electron chi connectivity index (χ4n) is 6.75. The monoisotopic (exact) mass is 652 g/mol. The standard InChI is InChI=1S/C46H28N4O/c47-29-30-12-10-19-36(28-30)31-22-24-35(25-23-31)45-48-44(34-17-8-3-9-18-34)49-46(50-45)39-27-26-38-42-37(32-13-4-1-5-14-32)20-11-21-40(42)51-43(38)41(39)33-15-6-2-7-16-33/h1-28H. The van der Waals surface area contributed by atoms with Crippen molar-refractivity contribution in [2.24, 2.45) is 0 Å². The molecule has 0 atom stereocenters. The van der Waals surface area contributed by atoms with Crippen LogP contribution in [-0.2, 0) is 0 Å². The molecule has 5 heteroatoms. The molecular formula is C46H28N4O. The van der Waals surface area contributed by atoms with Crippen LogP contribution in [0.2, 0.25) is 0 Å². The molecule has 0 N–H and O–H groups in total. The Labute approximate surface area is 294 Å². The van der Waals surface area contributed by atoms with Gasteiger partial charge in [0, 0.05) is 33.0 Å². The van der Waals surface area contributed by atoms with Crippen molar-refractivity contribution in [1.29, 1.82) is 5.26 Å². The van der Waals surface area contributed by atoms with Crippen molar-refractivity contribution < 1.29 is 4.42 Å². The SMILES string of the molecule is N#Cc1cccc(-c2ccc(-c3nc(-c4ccccc4)nc(-c4ccc5c(oc6cccc(-c7ccccc7)c65)c4-c4ccccc4)n3)cc2)c1. The van der Waals surface area contributed by atoms with Crippen LogP contribution in [0.3, 0.4) is 0 Å². The minimum Gasteiger partial charge on any atom is -0.455 e. The van der Waals surface area contributed by atoms with Crippen molar-refractivity contribution >= 4 is 21.9 Å². The number of fused-ring (bicyclic) bond motifs is 3. The lowest BCUT2D eigenvalue weighted by molar-refractivity contribution is 0.670. The van der Waals surface area contributed by atoms with Crippen LogP contribution in [0.4, 0.5) is 0 Å². The molecule has 0 bridgehead atoms. The van der Waals surface area contributed by atoms with Gasteiger partial charge < -0.3 is 4.42 Å². The largest absolute Gasteiger partial charge is 0.455 e. The minimum atomic E-state index is 0.550. The predicted octanol–water partition coefficient (Wildman–Crippen LogP) is 11.6. The second kappa shape index (κ2) is 12.7. The third-order valence-electron chi connectivity index (χ3n) is 9.19. The van der Waals surface area contributed by atoms with Gasteiger partial charge in [-0.25, -0.2) is 15.0 Å². The van der Waals surface area contributed by atoms with E-state index >= 15 is 0 Å². The maximum atomic E-state index is 9.41. The van der Waals surface area contributed by atoms with Crippen LogP contribution >= 0.6 is 0 Å². The Hall–Kier alpha value is -7.16. The second-order valence-corrected chi connectivity index (χ2v) is 12.3. The Kier molecular flexibility index (Phi) is 7.46. The molecule has 0 radical (unpaired) electrons. The van der Waals surface area contributed by atoms with E-state index in [4.69, 9.17) is 19.4 Å². The van der Waals surface area contributed by atoms with E-state index in [0.29, 0.717) is 23.0 Å². The van der Waals surface area contributed by atoms with Gasteiger partial charge in [0.1, 0.15) is 11.2 Å². The van der Waals surface area contributed by atoms with Crippen LogP contribution in [0.1, 0.15) is 5.56 Å². The van der Waals surface area contributed by atoms with Gasteiger partial charge in [-0.3, -0.25) is 0 Å². The molecular weight excluding hydrogens is 625 g/mol. The Morgan fingerprint density at radius 2 is 1.00 bits per heavy atom. The molecule has 0 fully saturated rings. The first kappa shape index (κ1) is 29.9. The summed E-state index contributed by atoms with van der Waals surface area (Å²) in [6, 6.07) is 59.1. The molecule has 9 aromatic rings. The highest BCUT2D eigenvalue weighted by Gasteiger charge is 2.22. The molecule has 0 aliphatic rings. The van der Waals surface area contributed by atoms with Crippen molar-refractivity contribution in [1.82, 2.24) is 15.0 Å². The fourth-order valence-corrected chi connectivity index (χ4v) is 6.75. The van der Waals surface area contributed by atoms with Gasteiger partial charge in [-0.1, -0.05) is 140 Å². The van der Waals surface area contributed by atoms with Gasteiger partial charge in [0.25, 0.3) is 0 Å². The molecule has 0 spiro atoms. The van der Waals surface area contributed by atoms with Gasteiger partial charge in [0.15, 0.2) is 17.5 Å². The first-order valence-electron chi connectivity index (χ1n) is 16.8. The quantitative estimate of drug-likeness (QED) is 0.179. The minimum absolute atomic E-state index is 0.550. The number of hydrogen-bond acceptors (Lipinski definition) is 5. The normalized spacial score (nSPS) is 11.1. The van der Waals surface area contributed by atoms with Crippen LogP contribution in [0.25, 0.3) is 89.5 Å². The molecule has 0 aliphatic heterocycles. The molecule has 5 nitrogen and oxygen atoms in total. The number of rotatable bonds is 6. The first-order chi connectivity index (χ1) is 25.2. The zero-order valence-electron chi connectivity index (χ0n) is 27.4. The number of hydrogen-bond donors (Lipinski definition) is 0. The van der Waals surface area contributed by atoms with E-state index in [9.17, 15) is 5.26 Å². The summed E-state index contributed by atoms with van der Waals surface area (Å²) in [5, 5.41) is 11.5. The summed E-state index contributed by atoms with van der Waals surface area (Å²) in [6.07, 6.45) is 0. The second-order valence-electron chi connectivity index (χ2n) is 12.3. The molecule has 0 saturated carbocycles. The molecule has 0 saturated heterocycles. The van der Waals surface area contributed by atoms with E-state index in [1.807, 2.05) is 115 Å². The van der Waals surface area contributed by atoms with E-state index in [1.165, 1.54) is 0 Å². The van der Waals surface area contributed by atoms with Crippen LogP contribution in [0.15, 0.2) is 174 Å². The van der Waals surface area contributed by atoms with Crippen LogP contribution < -0.4 is 0 Å². The van der Waals surface area contributed by atoms with Crippen LogP contribution in [0, 0.1) is 11.3 Å². The van der Waals surface area contributed by atoms with Crippen molar-refractivity contribution in [3.05, 3.63) is 175 Å². The predicted molar refractivity (Wildman–Crippen MR) is 204 cm³/mol. The molecule has 2 heterocycles. The highest BCUT2D eigenvalue weighted by Crippen LogP contribution is 2.44. The molecule has 238 valence electrons. The first-order valence-corrected chi connectivity index (χ1v) is 16.8. The number of nitriles is 1. The molecule has 51 heavy (non-hydrogen) atoms. The molecule has 2 aromatic heterocycles. The summed E-state index contributed by atoms with van der Waals surface area (Å²) < 4.78 is 6.77. The number of nitrogens with zero attached hydrogens (tertiary/aromatic N) is 4. The van der Waals surface area contributed by atoms with Gasteiger partial charge >= 0.3 is 0 Å². The Bertz CT molecular complexity index is 2730. The van der Waals surface area contributed by atoms with Crippen molar-refractivity contribution in [3.8, 4) is 73.6 Å². The Balaban J connectivity index is 1.26. The summed E-state index contributed by atoms with van der Waals surface area (Å²) in [7, 11) is 0. The van der Waals surface area contributed by atoms with E-state index < -0.39 is 0 Å². The van der Waals surface area contributed by atoms with E-state index in [1.54, 1.807) is 0 Å². The lowest BCUT2D eigenvalue weighted by Crippen LogP contribution is -2.01. The van der Waals surface area contributed by atoms with E-state index in [0.717, 1.165) is 72.0 Å². The molecule has 7 aromatic carbocycles. The zero-order valence-corrected chi connectivity index (χ0v) is 27.4. The van der Waals surface area contributed by atoms with Crippen LogP contribution in [0.5, 0.6) is 0 Å². The highest BCUT2D eigenvalue weighted by atomic mass is 16.3. The third kappa shape index (κ3) is 5.51. The van der Waals surface area contributed by atoms with Crippen LogP contribution in [-0.4, -0.2) is 15.0 Å². The maximum Gasteiger partial charge on any atom is 0.164 e. The Morgan fingerprint density at radius 1 is 0.431 bits per heavy atom. The number of furan rings is 1. The summed E-state index contributed by atoms with van der Waals surface area (Å²) in [4.78, 5) is 15.2. The summed E-state index contributed by atoms with van der Waals surface area (Å²) in [5.41, 5.74) is 11.0. The molecule has 0 aliphatic carbocycles. The molecule has 0 unspecified atom stereocenters. The van der Waals surface area contributed by atoms with Gasteiger partial charge in [-0.2, -0.15) is 5.26 Å². The van der Waals surface area contributed by atoms with Gasteiger partial charge in [-0.05, 0) is 58.1 Å². The average Bonchev–Trinajstić information content (AvgIpc) is 3.60. The lowest BCUT2D eigenvalue weighted by Gasteiger charge is -2.13.